The third kappa shape index (κ3) is 4.26. The van der Waals surface area contributed by atoms with E-state index in [0.29, 0.717) is 12.0 Å². The smallest absolute Gasteiger partial charge is 0.0237 e. The molecule has 0 heterocycles. The summed E-state index contributed by atoms with van der Waals surface area (Å²) in [5, 5.41) is 3.84. The van der Waals surface area contributed by atoms with Crippen molar-refractivity contribution in [3.8, 4) is 0 Å². The minimum absolute atomic E-state index is 0.649. The zero-order valence-corrected chi connectivity index (χ0v) is 12.7. The number of nitrogens with one attached hydrogen (secondary N) is 1. The van der Waals surface area contributed by atoms with Crippen LogP contribution in [0.4, 0.5) is 0 Å². The summed E-state index contributed by atoms with van der Waals surface area (Å²) in [4.78, 5) is 2.36. The third-order valence-electron chi connectivity index (χ3n) is 4.54. The average Bonchev–Trinajstić information content (AvgIpc) is 2.21. The molecule has 0 spiro atoms. The Labute approximate surface area is 108 Å². The van der Waals surface area contributed by atoms with Gasteiger partial charge >= 0.3 is 0 Å². The maximum atomic E-state index is 3.84. The Morgan fingerprint density at radius 3 is 2.06 bits per heavy atom. The molecule has 0 aliphatic heterocycles. The van der Waals surface area contributed by atoms with E-state index in [9.17, 15) is 0 Å². The van der Waals surface area contributed by atoms with Crippen LogP contribution < -0.4 is 5.32 Å². The van der Waals surface area contributed by atoms with Gasteiger partial charge in [0, 0.05) is 18.6 Å². The van der Waals surface area contributed by atoms with E-state index in [4.69, 9.17) is 0 Å². The second kappa shape index (κ2) is 6.75. The Bertz CT molecular complexity index is 195. The van der Waals surface area contributed by atoms with Gasteiger partial charge in [0.25, 0.3) is 0 Å². The molecule has 0 saturated heterocycles. The van der Waals surface area contributed by atoms with Crippen molar-refractivity contribution in [2.24, 2.45) is 17.8 Å². The van der Waals surface area contributed by atoms with Gasteiger partial charge in [-0.3, -0.25) is 0 Å². The summed E-state index contributed by atoms with van der Waals surface area (Å²) in [6.07, 6.45) is 4.22. The molecule has 0 aromatic heterocycles. The van der Waals surface area contributed by atoms with Crippen molar-refractivity contribution < 1.29 is 0 Å². The fraction of sp³-hybridized carbons (Fsp3) is 1.00. The van der Waals surface area contributed by atoms with E-state index in [1.54, 1.807) is 0 Å². The van der Waals surface area contributed by atoms with Crippen molar-refractivity contribution in [3.63, 3.8) is 0 Å². The molecular formula is C15H32N2. The summed E-state index contributed by atoms with van der Waals surface area (Å²) in [7, 11) is 4.39. The van der Waals surface area contributed by atoms with E-state index >= 15 is 0 Å². The van der Waals surface area contributed by atoms with Crippen LogP contribution in [0.1, 0.15) is 47.0 Å². The summed E-state index contributed by atoms with van der Waals surface area (Å²) in [6.45, 7) is 10.6. The molecule has 17 heavy (non-hydrogen) atoms. The molecule has 0 aromatic carbocycles. The second-order valence-electron chi connectivity index (χ2n) is 6.59. The first kappa shape index (κ1) is 15.0. The van der Waals surface area contributed by atoms with E-state index in [1.807, 2.05) is 0 Å². The first-order valence-corrected chi connectivity index (χ1v) is 7.33. The molecule has 3 unspecified atom stereocenters. The number of likely N-dealkylation sites (N-methyl/N-ethyl adjacent to an activating group) is 1. The minimum atomic E-state index is 0.649. The molecule has 0 bridgehead atoms. The van der Waals surface area contributed by atoms with Crippen LogP contribution in [0.25, 0.3) is 0 Å². The van der Waals surface area contributed by atoms with Crippen molar-refractivity contribution >= 4 is 0 Å². The normalized spacial score (nSPS) is 32.1. The predicted molar refractivity (Wildman–Crippen MR) is 76.3 cm³/mol. The van der Waals surface area contributed by atoms with Crippen LogP contribution in [0, 0.1) is 17.8 Å². The highest BCUT2D eigenvalue weighted by Gasteiger charge is 2.28. The molecule has 2 nitrogen and oxygen atoms in total. The molecule has 1 rings (SSSR count). The minimum Gasteiger partial charge on any atom is -0.312 e. The Morgan fingerprint density at radius 2 is 1.65 bits per heavy atom. The van der Waals surface area contributed by atoms with Crippen LogP contribution in [0.5, 0.6) is 0 Å². The highest BCUT2D eigenvalue weighted by atomic mass is 15.1. The zero-order chi connectivity index (χ0) is 13.0. The molecule has 2 heteroatoms. The summed E-state index contributed by atoms with van der Waals surface area (Å²) >= 11 is 0. The molecule has 1 aliphatic carbocycles. The lowest BCUT2D eigenvalue weighted by atomic mass is 9.78. The van der Waals surface area contributed by atoms with Crippen LogP contribution >= 0.6 is 0 Å². The topological polar surface area (TPSA) is 15.3 Å². The van der Waals surface area contributed by atoms with E-state index in [1.165, 1.54) is 19.3 Å². The van der Waals surface area contributed by atoms with Gasteiger partial charge in [0.05, 0.1) is 0 Å². The van der Waals surface area contributed by atoms with Crippen LogP contribution in [-0.2, 0) is 0 Å². The van der Waals surface area contributed by atoms with Crippen LogP contribution in [0.3, 0.4) is 0 Å². The monoisotopic (exact) mass is 240 g/mol. The van der Waals surface area contributed by atoms with Gasteiger partial charge in [0.15, 0.2) is 0 Å². The SMILES string of the molecule is CC(C)C(CNC1C(C)CCCC1C)N(C)C. The molecule has 1 N–H and O–H groups in total. The molecule has 0 amide bonds. The van der Waals surface area contributed by atoms with Crippen LogP contribution in [0.2, 0.25) is 0 Å². The molecule has 0 aromatic rings. The highest BCUT2D eigenvalue weighted by molar-refractivity contribution is 4.85. The summed E-state index contributed by atoms with van der Waals surface area (Å²) in [5.41, 5.74) is 0. The molecule has 1 aliphatic rings. The van der Waals surface area contributed by atoms with Gasteiger partial charge in [0.1, 0.15) is 0 Å². The van der Waals surface area contributed by atoms with Crippen molar-refractivity contribution in [3.05, 3.63) is 0 Å². The third-order valence-corrected chi connectivity index (χ3v) is 4.54. The number of hydrogen-bond donors (Lipinski definition) is 1. The van der Waals surface area contributed by atoms with Crippen LogP contribution in [0.15, 0.2) is 0 Å². The molecular weight excluding hydrogens is 208 g/mol. The van der Waals surface area contributed by atoms with Gasteiger partial charge in [-0.15, -0.1) is 0 Å². The standard InChI is InChI=1S/C15H32N2/c1-11(2)14(17(5)6)10-16-15-12(3)8-7-9-13(15)4/h11-16H,7-10H2,1-6H3. The fourth-order valence-electron chi connectivity index (χ4n) is 3.36. The fourth-order valence-corrected chi connectivity index (χ4v) is 3.36. The Hall–Kier alpha value is -0.0800. The van der Waals surface area contributed by atoms with Gasteiger partial charge < -0.3 is 10.2 Å². The first-order chi connectivity index (χ1) is 7.93. The van der Waals surface area contributed by atoms with Crippen molar-refractivity contribution in [1.82, 2.24) is 10.2 Å². The maximum absolute atomic E-state index is 3.84. The van der Waals surface area contributed by atoms with Crippen molar-refractivity contribution in [1.29, 1.82) is 0 Å². The van der Waals surface area contributed by atoms with Gasteiger partial charge in [-0.05, 0) is 44.7 Å². The first-order valence-electron chi connectivity index (χ1n) is 7.33. The van der Waals surface area contributed by atoms with E-state index in [-0.39, 0.29) is 0 Å². The highest BCUT2D eigenvalue weighted by Crippen LogP contribution is 2.28. The number of nitrogens with zero attached hydrogens (tertiary/aromatic N) is 1. The summed E-state index contributed by atoms with van der Waals surface area (Å²) < 4.78 is 0. The van der Waals surface area contributed by atoms with Gasteiger partial charge in [0.2, 0.25) is 0 Å². The average molecular weight is 240 g/mol. The van der Waals surface area contributed by atoms with Gasteiger partial charge in [-0.1, -0.05) is 34.1 Å². The molecule has 1 saturated carbocycles. The Morgan fingerprint density at radius 1 is 1.12 bits per heavy atom. The Balaban J connectivity index is 2.46. The van der Waals surface area contributed by atoms with E-state index in [0.717, 1.165) is 24.4 Å². The summed E-state index contributed by atoms with van der Waals surface area (Å²) in [5.74, 6) is 2.40. The Kier molecular flexibility index (Phi) is 5.94. The zero-order valence-electron chi connectivity index (χ0n) is 12.7. The van der Waals surface area contributed by atoms with Crippen LogP contribution in [-0.4, -0.2) is 37.6 Å². The maximum Gasteiger partial charge on any atom is 0.0237 e. The molecule has 1 fully saturated rings. The lowest BCUT2D eigenvalue weighted by molar-refractivity contribution is 0.169. The predicted octanol–water partition coefficient (Wildman–Crippen LogP) is 2.99. The lowest BCUT2D eigenvalue weighted by Gasteiger charge is -2.38. The number of rotatable bonds is 5. The van der Waals surface area contributed by atoms with Gasteiger partial charge in [-0.2, -0.15) is 0 Å². The summed E-state index contributed by atoms with van der Waals surface area (Å²) in [6, 6.07) is 1.38. The largest absolute Gasteiger partial charge is 0.312 e. The van der Waals surface area contributed by atoms with E-state index in [2.05, 4.69) is 52.0 Å². The van der Waals surface area contributed by atoms with Gasteiger partial charge in [-0.25, -0.2) is 0 Å². The van der Waals surface area contributed by atoms with Crippen molar-refractivity contribution in [2.75, 3.05) is 20.6 Å². The second-order valence-corrected chi connectivity index (χ2v) is 6.59. The quantitative estimate of drug-likeness (QED) is 0.795. The molecule has 3 atom stereocenters. The number of hydrogen-bond acceptors (Lipinski definition) is 2. The lowest BCUT2D eigenvalue weighted by Crippen LogP contribution is -2.49. The van der Waals surface area contributed by atoms with Crippen molar-refractivity contribution in [2.45, 2.75) is 59.0 Å². The molecule has 102 valence electrons. The van der Waals surface area contributed by atoms with E-state index < -0.39 is 0 Å². The molecule has 0 radical (unpaired) electrons.